The third kappa shape index (κ3) is 18.3. The lowest BCUT2D eigenvalue weighted by Crippen LogP contribution is -2.61. The zero-order valence-electron chi connectivity index (χ0n) is 39.1. The second kappa shape index (κ2) is 25.6. The third-order valence-electron chi connectivity index (χ3n) is 11.6. The highest BCUT2D eigenvalue weighted by molar-refractivity contribution is 5.83. The number of nitrogens with zero attached hydrogens (tertiary/aromatic N) is 3. The number of alkyl halides is 3. The van der Waals surface area contributed by atoms with Crippen molar-refractivity contribution in [1.82, 2.24) is 30.7 Å². The van der Waals surface area contributed by atoms with Crippen molar-refractivity contribution in [2.45, 2.75) is 128 Å². The monoisotopic (exact) mass is 940 g/mol. The number of unbranched alkanes of at least 4 members (excludes halogenated alkanes) is 2. The van der Waals surface area contributed by atoms with Crippen LogP contribution in [0.25, 0.3) is 0 Å². The van der Waals surface area contributed by atoms with E-state index >= 15 is 0 Å². The van der Waals surface area contributed by atoms with Crippen LogP contribution in [0.15, 0.2) is 79.1 Å². The Kier molecular flexibility index (Phi) is 20.7. The lowest BCUT2D eigenvalue weighted by Gasteiger charge is -2.42. The van der Waals surface area contributed by atoms with Gasteiger partial charge in [-0.15, -0.1) is 0 Å². The van der Waals surface area contributed by atoms with Gasteiger partial charge in [-0.1, -0.05) is 80.9 Å². The van der Waals surface area contributed by atoms with Crippen molar-refractivity contribution in [2.24, 2.45) is 17.6 Å². The van der Waals surface area contributed by atoms with Crippen LogP contribution in [0.1, 0.15) is 95.0 Å². The van der Waals surface area contributed by atoms with Crippen molar-refractivity contribution in [3.05, 3.63) is 101 Å². The summed E-state index contributed by atoms with van der Waals surface area (Å²) in [7, 11) is 0. The number of aromatic nitrogens is 1. The Morgan fingerprint density at radius 2 is 1.58 bits per heavy atom. The number of carbonyl (C=O) groups excluding carboxylic acids is 4. The van der Waals surface area contributed by atoms with E-state index in [0.717, 1.165) is 35.1 Å². The minimum absolute atomic E-state index is 0.0555. The van der Waals surface area contributed by atoms with Gasteiger partial charge in [0.1, 0.15) is 12.1 Å². The van der Waals surface area contributed by atoms with Gasteiger partial charge in [-0.2, -0.15) is 13.2 Å². The largest absolute Gasteiger partial charge is 0.490 e. The number of esters is 1. The highest BCUT2D eigenvalue weighted by Gasteiger charge is 2.40. The van der Waals surface area contributed by atoms with E-state index in [0.29, 0.717) is 52.0 Å². The lowest BCUT2D eigenvalue weighted by molar-refractivity contribution is -0.192. The summed E-state index contributed by atoms with van der Waals surface area (Å²) in [5.74, 6) is -4.13. The number of nitrogens with two attached hydrogens (primary N) is 1. The van der Waals surface area contributed by atoms with Crippen LogP contribution in [0.2, 0.25) is 0 Å². The number of carbonyl (C=O) groups is 5. The fourth-order valence-corrected chi connectivity index (χ4v) is 8.09. The molecule has 15 nitrogen and oxygen atoms in total. The fourth-order valence-electron chi connectivity index (χ4n) is 8.09. The molecule has 368 valence electrons. The molecule has 7 N–H and O–H groups in total. The van der Waals surface area contributed by atoms with Gasteiger partial charge in [0.25, 0.3) is 0 Å². The van der Waals surface area contributed by atoms with Gasteiger partial charge in [0.15, 0.2) is 0 Å². The molecule has 6 atom stereocenters. The van der Waals surface area contributed by atoms with Crippen molar-refractivity contribution in [2.75, 3.05) is 32.7 Å². The molecule has 5 rings (SSSR count). The van der Waals surface area contributed by atoms with Gasteiger partial charge in [-0.05, 0) is 80.7 Å². The molecule has 2 aliphatic rings. The number of carboxylic acids is 1. The zero-order chi connectivity index (χ0) is 49.3. The van der Waals surface area contributed by atoms with Gasteiger partial charge >= 0.3 is 18.1 Å². The van der Waals surface area contributed by atoms with Crippen molar-refractivity contribution >= 4 is 29.7 Å². The van der Waals surface area contributed by atoms with Gasteiger partial charge in [0, 0.05) is 76.0 Å². The molecular weight excluding hydrogens is 872 g/mol. The molecular formula is C49H68F3N7O8. The number of rotatable bonds is 20. The minimum Gasteiger partial charge on any atom is -0.475 e. The molecule has 1 aliphatic carbocycles. The summed E-state index contributed by atoms with van der Waals surface area (Å²) >= 11 is 0. The van der Waals surface area contributed by atoms with E-state index in [1.807, 2.05) is 112 Å². The minimum atomic E-state index is -5.08. The first-order valence-corrected chi connectivity index (χ1v) is 22.9. The average molecular weight is 940 g/mol. The highest BCUT2D eigenvalue weighted by Crippen LogP contribution is 2.34. The second-order valence-electron chi connectivity index (χ2n) is 18.7. The van der Waals surface area contributed by atoms with E-state index < -0.39 is 53.9 Å². The highest BCUT2D eigenvalue weighted by atomic mass is 19.4. The van der Waals surface area contributed by atoms with Gasteiger partial charge < -0.3 is 36.6 Å². The van der Waals surface area contributed by atoms with E-state index in [-0.39, 0.29) is 49.0 Å². The van der Waals surface area contributed by atoms with Crippen LogP contribution in [0.5, 0.6) is 0 Å². The van der Waals surface area contributed by atoms with Crippen LogP contribution in [0.3, 0.4) is 0 Å². The first-order valence-electron chi connectivity index (χ1n) is 22.9. The first-order chi connectivity index (χ1) is 31.6. The Hall–Kier alpha value is -5.43. The molecule has 67 heavy (non-hydrogen) atoms. The van der Waals surface area contributed by atoms with Gasteiger partial charge in [0.05, 0.1) is 18.2 Å². The van der Waals surface area contributed by atoms with Crippen molar-refractivity contribution < 1.29 is 52.1 Å². The number of ether oxygens (including phenoxy) is 1. The van der Waals surface area contributed by atoms with Gasteiger partial charge in [-0.25, -0.2) is 4.79 Å². The number of hydrogen-bond donors (Lipinski definition) is 6. The predicted octanol–water partition coefficient (Wildman–Crippen LogP) is 4.71. The predicted molar refractivity (Wildman–Crippen MR) is 246 cm³/mol. The molecule has 2 heterocycles. The number of aliphatic hydroxyl groups is 1. The molecule has 0 bridgehead atoms. The number of halogens is 3. The molecule has 0 saturated carbocycles. The van der Waals surface area contributed by atoms with E-state index in [4.69, 9.17) is 20.4 Å². The van der Waals surface area contributed by atoms with Crippen LogP contribution in [-0.4, -0.2) is 123 Å². The third-order valence-corrected chi connectivity index (χ3v) is 11.6. The first kappa shape index (κ1) is 54.2. The maximum atomic E-state index is 14.4. The number of aliphatic carboxylic acids is 1. The molecule has 1 aromatic heterocycles. The number of hydrogen-bond acceptors (Lipinski definition) is 11. The molecule has 0 spiro atoms. The molecule has 0 radical (unpaired) electrons. The molecule has 1 saturated heterocycles. The maximum Gasteiger partial charge on any atom is 0.490 e. The van der Waals surface area contributed by atoms with Crippen LogP contribution >= 0.6 is 0 Å². The molecule has 1 aliphatic heterocycles. The van der Waals surface area contributed by atoms with E-state index in [2.05, 4.69) is 25.8 Å². The Labute approximate surface area is 391 Å². The molecule has 2 aromatic carbocycles. The number of aliphatic hydroxyl groups excluding tert-OH is 1. The summed E-state index contributed by atoms with van der Waals surface area (Å²) in [6, 6.07) is 19.9. The quantitative estimate of drug-likeness (QED) is 0.0671. The average Bonchev–Trinajstić information content (AvgIpc) is 3.60. The number of piperazine rings is 1. The zero-order valence-corrected chi connectivity index (χ0v) is 39.1. The summed E-state index contributed by atoms with van der Waals surface area (Å²) in [6.07, 6.45) is 0.372. The number of β-amino-alcohol motifs (C(OH)–C–C–N with tert-alkyl or cyclic N) is 1. The second-order valence-corrected chi connectivity index (χ2v) is 18.7. The summed E-state index contributed by atoms with van der Waals surface area (Å²) < 4.78 is 37.8. The van der Waals surface area contributed by atoms with E-state index in [1.165, 1.54) is 0 Å². The standard InChI is InChI=1S/C47H67N7O6.C2HF3O2/c1-32(2)42(48)46(59)50-22-13-7-10-20-41(56)60-40-27-35-18-11-12-19-38(35)43(40)51-44(57)36(25-33-15-8-6-9-16-33)26-37(55)30-54-24-23-53(29-34-17-14-21-49-28-34)31-39(54)45(58)52-47(3,4)5;3-2(4,5)1(6)7/h6,8-9,11-12,14-19,21,28,32,36-37,39-40,42-43,55H,7,10,13,20,22-27,29-31,48H2,1-5H3,(H,50,59)(H,51,57)(H,52,58);(H,6,7)/t36-,37+,39+,40-,42+,43+;/m1./s1. The maximum absolute atomic E-state index is 14.4. The molecule has 18 heteroatoms. The molecule has 1 fully saturated rings. The van der Waals surface area contributed by atoms with Crippen LogP contribution < -0.4 is 21.7 Å². The molecule has 3 aromatic rings. The van der Waals surface area contributed by atoms with Gasteiger partial charge in [-0.3, -0.25) is 34.0 Å². The van der Waals surface area contributed by atoms with Crippen molar-refractivity contribution in [3.8, 4) is 0 Å². The number of fused-ring (bicyclic) bond motifs is 1. The van der Waals surface area contributed by atoms with E-state index in [1.54, 1.807) is 6.20 Å². The Balaban J connectivity index is 0.00000129. The van der Waals surface area contributed by atoms with Crippen LogP contribution in [0, 0.1) is 11.8 Å². The van der Waals surface area contributed by atoms with Gasteiger partial charge in [0.2, 0.25) is 17.7 Å². The van der Waals surface area contributed by atoms with Crippen LogP contribution in [0.4, 0.5) is 13.2 Å². The Morgan fingerprint density at radius 1 is 0.910 bits per heavy atom. The number of nitrogens with one attached hydrogen (secondary N) is 3. The topological polar surface area (TPSA) is 217 Å². The number of pyridine rings is 1. The number of amides is 3. The molecule has 3 amide bonds. The molecule has 0 unspecified atom stereocenters. The van der Waals surface area contributed by atoms with Crippen molar-refractivity contribution in [3.63, 3.8) is 0 Å². The smallest absolute Gasteiger partial charge is 0.475 e. The number of carboxylic acid groups (broad SMARTS) is 1. The van der Waals surface area contributed by atoms with Crippen LogP contribution in [-0.2, 0) is 48.1 Å². The number of benzene rings is 2. The Bertz CT molecular complexity index is 2060. The lowest BCUT2D eigenvalue weighted by atomic mass is 9.91. The van der Waals surface area contributed by atoms with Crippen molar-refractivity contribution in [1.29, 1.82) is 0 Å². The fraction of sp³-hybridized carbons (Fsp3) is 0.551. The van der Waals surface area contributed by atoms with E-state index in [9.17, 15) is 37.5 Å². The SMILES string of the molecule is CC(C)[C@H](N)C(=O)NCCCCCC(=O)O[C@@H]1Cc2ccccc2[C@@H]1NC(=O)[C@H](Cc1ccccc1)C[C@H](O)CN1CCN(Cc2cccnc2)C[C@H]1C(=O)NC(C)(C)C.O=C(O)C(F)(F)F. The summed E-state index contributed by atoms with van der Waals surface area (Å²) in [5, 5.41) is 28.1. The Morgan fingerprint density at radius 3 is 2.22 bits per heavy atom. The summed E-state index contributed by atoms with van der Waals surface area (Å²) in [5.41, 5.74) is 9.45. The normalized spacial score (nSPS) is 18.9. The summed E-state index contributed by atoms with van der Waals surface area (Å²) in [4.78, 5) is 70.9. The summed E-state index contributed by atoms with van der Waals surface area (Å²) in [6.45, 7) is 12.9.